The molecule has 0 spiro atoms. The molecule has 172 valence electrons. The van der Waals surface area contributed by atoms with Crippen molar-refractivity contribution in [3.05, 3.63) is 0 Å². The average Bonchev–Trinajstić information content (AvgIpc) is 2.67. The second kappa shape index (κ2) is 23.4. The summed E-state index contributed by atoms with van der Waals surface area (Å²) < 4.78 is 2.29. The van der Waals surface area contributed by atoms with E-state index in [1.54, 1.807) is 0 Å². The van der Waals surface area contributed by atoms with E-state index >= 15 is 0 Å². The van der Waals surface area contributed by atoms with Crippen molar-refractivity contribution in [2.45, 2.75) is 79.1 Å². The van der Waals surface area contributed by atoms with Gasteiger partial charge in [0.1, 0.15) is 13.0 Å². The van der Waals surface area contributed by atoms with Crippen LogP contribution in [0, 0.1) is 0 Å². The molecule has 0 unspecified atom stereocenters. The van der Waals surface area contributed by atoms with Crippen molar-refractivity contribution in [3.63, 3.8) is 0 Å². The molecule has 0 saturated carbocycles. The highest BCUT2D eigenvalue weighted by Crippen LogP contribution is 2.17. The summed E-state index contributed by atoms with van der Waals surface area (Å²) in [4.78, 5) is 4.75. The molecule has 0 aliphatic rings. The molecule has 0 aliphatic heterocycles. The zero-order valence-corrected chi connectivity index (χ0v) is 23.6. The second-order valence-electron chi connectivity index (χ2n) is 6.65. The van der Waals surface area contributed by atoms with Gasteiger partial charge in [0.2, 0.25) is 0 Å². The van der Waals surface area contributed by atoms with Crippen LogP contribution in [0.4, 0.5) is 0 Å². The Labute approximate surface area is 210 Å². The van der Waals surface area contributed by atoms with Crippen molar-refractivity contribution in [2.75, 3.05) is 31.3 Å². The summed E-state index contributed by atoms with van der Waals surface area (Å²) in [5, 5.41) is 0. The van der Waals surface area contributed by atoms with Gasteiger partial charge in [-0.05, 0) is 25.7 Å². The molecule has 0 amide bonds. The van der Waals surface area contributed by atoms with E-state index in [9.17, 15) is 0 Å². The lowest BCUT2D eigenvalue weighted by Gasteiger charge is -2.33. The molecule has 3 nitrogen and oxygen atoms in total. The van der Waals surface area contributed by atoms with Gasteiger partial charge in [0.25, 0.3) is 0 Å². The van der Waals surface area contributed by atoms with Crippen LogP contribution in [-0.4, -0.2) is 54.0 Å². The van der Waals surface area contributed by atoms with Crippen LogP contribution in [0.2, 0.25) is 0 Å². The first-order chi connectivity index (χ1) is 13.8. The van der Waals surface area contributed by atoms with Gasteiger partial charge in [0, 0.05) is 24.6 Å². The van der Waals surface area contributed by atoms with Crippen molar-refractivity contribution in [3.8, 4) is 0 Å². The fourth-order valence-corrected chi connectivity index (χ4v) is 4.81. The number of rotatable bonds is 14. The standard InChI is InChI=1S/C19H38N2S4.CH3NS2/c1-5-9-13-20(18(22)24-15-11-7-3)17-21(14-10-6-2)19(23)25-16-12-8-4;2-1(3)4/h5-17H2,1-4H3;(H3,2,3,4). The van der Waals surface area contributed by atoms with Crippen LogP contribution in [-0.2, 0) is 0 Å². The van der Waals surface area contributed by atoms with Gasteiger partial charge in [-0.3, -0.25) is 0 Å². The van der Waals surface area contributed by atoms with E-state index in [2.05, 4.69) is 62.3 Å². The number of unbranched alkanes of at least 4 members (excludes halogenated alkanes) is 4. The maximum absolute atomic E-state index is 5.74. The van der Waals surface area contributed by atoms with Gasteiger partial charge in [-0.25, -0.2) is 0 Å². The number of nitrogens with two attached hydrogens (primary N) is 1. The first-order valence-electron chi connectivity index (χ1n) is 10.7. The Morgan fingerprint density at radius 2 is 1.03 bits per heavy atom. The Morgan fingerprint density at radius 3 is 1.31 bits per heavy atom. The third-order valence-electron chi connectivity index (χ3n) is 3.87. The first kappa shape index (κ1) is 31.9. The van der Waals surface area contributed by atoms with Gasteiger partial charge < -0.3 is 15.5 Å². The van der Waals surface area contributed by atoms with E-state index in [1.807, 2.05) is 23.5 Å². The molecular weight excluding hydrogens is 475 g/mol. The molecular formula is C20H41N3S6. The number of hydrogen-bond donors (Lipinski definition) is 2. The number of hydrogen-bond acceptors (Lipinski definition) is 5. The number of thiol groups is 1. The molecule has 0 aliphatic carbocycles. The fraction of sp³-hybridized carbons (Fsp3) is 0.850. The SMILES string of the molecule is CCCCSC(=S)N(CCCC)CN(CCCC)C(=S)SCCCC.NC(=S)S. The molecule has 0 heterocycles. The normalized spacial score (nSPS) is 10.1. The molecule has 0 aromatic heterocycles. The Kier molecular flexibility index (Phi) is 25.7. The monoisotopic (exact) mass is 515 g/mol. The average molecular weight is 516 g/mol. The highest BCUT2D eigenvalue weighted by Gasteiger charge is 2.17. The van der Waals surface area contributed by atoms with Crippen LogP contribution in [0.15, 0.2) is 0 Å². The van der Waals surface area contributed by atoms with Crippen molar-refractivity contribution in [1.82, 2.24) is 9.80 Å². The van der Waals surface area contributed by atoms with Crippen molar-refractivity contribution >= 4 is 85.8 Å². The first-order valence-corrected chi connectivity index (χ1v) is 14.3. The summed E-state index contributed by atoms with van der Waals surface area (Å²) in [5.74, 6) is 2.26. The zero-order valence-electron chi connectivity index (χ0n) is 18.7. The third-order valence-corrected chi connectivity index (χ3v) is 7.09. The Bertz CT molecular complexity index is 398. The van der Waals surface area contributed by atoms with Crippen LogP contribution in [0.5, 0.6) is 0 Å². The summed E-state index contributed by atoms with van der Waals surface area (Å²) >= 11 is 22.8. The van der Waals surface area contributed by atoms with E-state index in [1.165, 1.54) is 51.4 Å². The van der Waals surface area contributed by atoms with Gasteiger partial charge in [-0.2, -0.15) is 0 Å². The molecule has 0 aromatic carbocycles. The summed E-state index contributed by atoms with van der Waals surface area (Å²) in [6.07, 6.45) is 9.69. The topological polar surface area (TPSA) is 32.5 Å². The number of nitrogens with zero attached hydrogens (tertiary/aromatic N) is 2. The quantitative estimate of drug-likeness (QED) is 0.111. The summed E-state index contributed by atoms with van der Waals surface area (Å²) in [6.45, 7) is 11.9. The third kappa shape index (κ3) is 21.7. The fourth-order valence-electron chi connectivity index (χ4n) is 2.13. The molecule has 0 atom stereocenters. The van der Waals surface area contributed by atoms with Gasteiger partial charge in [0.15, 0.2) is 0 Å². The molecule has 2 N–H and O–H groups in total. The van der Waals surface area contributed by atoms with E-state index in [0.717, 1.165) is 39.9 Å². The zero-order chi connectivity index (χ0) is 22.5. The Balaban J connectivity index is 0. The minimum absolute atomic E-state index is 0.194. The summed E-state index contributed by atoms with van der Waals surface area (Å²) in [6, 6.07) is 0. The number of thioether (sulfide) groups is 2. The van der Waals surface area contributed by atoms with E-state index < -0.39 is 0 Å². The second-order valence-corrected chi connectivity index (χ2v) is 11.3. The molecule has 0 saturated heterocycles. The smallest absolute Gasteiger partial charge is 0.137 e. The van der Waals surface area contributed by atoms with Crippen LogP contribution < -0.4 is 5.73 Å². The highest BCUT2D eigenvalue weighted by atomic mass is 32.2. The van der Waals surface area contributed by atoms with Crippen molar-refractivity contribution in [2.24, 2.45) is 5.73 Å². The predicted molar refractivity (Wildman–Crippen MR) is 154 cm³/mol. The highest BCUT2D eigenvalue weighted by molar-refractivity contribution is 8.23. The minimum Gasteiger partial charge on any atom is -0.385 e. The van der Waals surface area contributed by atoms with E-state index in [4.69, 9.17) is 30.2 Å². The van der Waals surface area contributed by atoms with Crippen molar-refractivity contribution < 1.29 is 0 Å². The maximum atomic E-state index is 5.74. The molecule has 29 heavy (non-hydrogen) atoms. The van der Waals surface area contributed by atoms with Crippen molar-refractivity contribution in [1.29, 1.82) is 0 Å². The van der Waals surface area contributed by atoms with E-state index in [0.29, 0.717) is 0 Å². The molecule has 0 bridgehead atoms. The maximum Gasteiger partial charge on any atom is 0.137 e. The van der Waals surface area contributed by atoms with Gasteiger partial charge >= 0.3 is 0 Å². The number of thiocarbonyl (C=S) groups is 3. The minimum atomic E-state index is 0.194. The Morgan fingerprint density at radius 1 is 0.724 bits per heavy atom. The molecule has 0 fully saturated rings. The van der Waals surface area contributed by atoms with Crippen LogP contribution in [0.25, 0.3) is 0 Å². The molecule has 0 rings (SSSR count). The molecule has 9 heteroatoms. The summed E-state index contributed by atoms with van der Waals surface area (Å²) in [7, 11) is 0. The largest absolute Gasteiger partial charge is 0.385 e. The molecule has 0 radical (unpaired) electrons. The van der Waals surface area contributed by atoms with E-state index in [-0.39, 0.29) is 4.32 Å². The predicted octanol–water partition coefficient (Wildman–Crippen LogP) is 6.94. The van der Waals surface area contributed by atoms with Gasteiger partial charge in [-0.1, -0.05) is 114 Å². The lowest BCUT2D eigenvalue weighted by atomic mass is 10.3. The lowest BCUT2D eigenvalue weighted by molar-refractivity contribution is 0.278. The Hall–Kier alpha value is 0.720. The van der Waals surface area contributed by atoms with Gasteiger partial charge in [-0.15, -0.1) is 12.6 Å². The van der Waals surface area contributed by atoms with Crippen LogP contribution >= 0.6 is 72.8 Å². The van der Waals surface area contributed by atoms with Crippen LogP contribution in [0.3, 0.4) is 0 Å². The van der Waals surface area contributed by atoms with Crippen LogP contribution in [0.1, 0.15) is 79.1 Å². The molecule has 0 aromatic rings. The summed E-state index contributed by atoms with van der Waals surface area (Å²) in [5.41, 5.74) is 4.71. The van der Waals surface area contributed by atoms with Gasteiger partial charge in [0.05, 0.1) is 6.67 Å². The lowest BCUT2D eigenvalue weighted by Crippen LogP contribution is -2.42.